The van der Waals surface area contributed by atoms with Gasteiger partial charge in [0.1, 0.15) is 0 Å². The van der Waals surface area contributed by atoms with E-state index in [1.54, 1.807) is 0 Å². The van der Waals surface area contributed by atoms with Gasteiger partial charge < -0.3 is 5.11 Å². The average Bonchev–Trinajstić information content (AvgIpc) is 2.36. The van der Waals surface area contributed by atoms with Gasteiger partial charge in [0.2, 0.25) is 0 Å². The Morgan fingerprint density at radius 2 is 1.75 bits per heavy atom. The fourth-order valence-electron chi connectivity index (χ4n) is 1.63. The fourth-order valence-corrected chi connectivity index (χ4v) is 1.63. The second-order valence-electron chi connectivity index (χ2n) is 3.89. The molecule has 0 fully saturated rings. The van der Waals surface area contributed by atoms with E-state index in [0.717, 1.165) is 12.1 Å². The molecule has 2 aromatic rings. The van der Waals surface area contributed by atoms with E-state index >= 15 is 0 Å². The highest BCUT2D eigenvalue weighted by atomic mass is 35.5. The van der Waals surface area contributed by atoms with Crippen molar-refractivity contribution in [3.05, 3.63) is 64.7 Å². The van der Waals surface area contributed by atoms with Crippen molar-refractivity contribution in [2.45, 2.75) is 6.42 Å². The molecule has 0 amide bonds. The summed E-state index contributed by atoms with van der Waals surface area (Å²) >= 11 is 0. The molecule has 0 spiro atoms. The summed E-state index contributed by atoms with van der Waals surface area (Å²) in [6.45, 7) is 0. The Hall–Kier alpha value is -2.08. The maximum atomic E-state index is 13.0. The molecule has 20 heavy (non-hydrogen) atoms. The summed E-state index contributed by atoms with van der Waals surface area (Å²) in [6, 6.07) is 4.31. The Kier molecular flexibility index (Phi) is 5.10. The molecule has 106 valence electrons. The van der Waals surface area contributed by atoms with Crippen molar-refractivity contribution in [1.82, 2.24) is 4.98 Å². The van der Waals surface area contributed by atoms with Crippen molar-refractivity contribution in [1.29, 1.82) is 0 Å². The molecular formula is C13H9ClF3NO2. The van der Waals surface area contributed by atoms with Gasteiger partial charge >= 0.3 is 5.97 Å². The lowest BCUT2D eigenvalue weighted by molar-refractivity contribution is 0.0696. The van der Waals surface area contributed by atoms with E-state index in [0.29, 0.717) is 5.69 Å². The first-order valence-corrected chi connectivity index (χ1v) is 5.29. The minimum absolute atomic E-state index is 0. The van der Waals surface area contributed by atoms with Crippen LogP contribution in [0.2, 0.25) is 0 Å². The van der Waals surface area contributed by atoms with Gasteiger partial charge in [0.15, 0.2) is 17.5 Å². The lowest BCUT2D eigenvalue weighted by Gasteiger charge is -2.04. The van der Waals surface area contributed by atoms with Crippen LogP contribution in [0.25, 0.3) is 0 Å². The average molecular weight is 304 g/mol. The summed E-state index contributed by atoms with van der Waals surface area (Å²) in [5.41, 5.74) is 0.518. The number of halogens is 4. The quantitative estimate of drug-likeness (QED) is 0.886. The second kappa shape index (κ2) is 6.38. The van der Waals surface area contributed by atoms with Crippen LogP contribution in [0.4, 0.5) is 13.2 Å². The molecule has 0 unspecified atom stereocenters. The first-order chi connectivity index (χ1) is 8.97. The number of carboxylic acids is 1. The SMILES string of the molecule is Cl.O=C(O)c1ccnc(Cc2cc(F)c(F)c(F)c2)c1. The molecule has 1 N–H and O–H groups in total. The molecule has 2 rings (SSSR count). The number of aromatic nitrogens is 1. The van der Waals surface area contributed by atoms with Crippen molar-refractivity contribution in [2.75, 3.05) is 0 Å². The van der Waals surface area contributed by atoms with Crippen LogP contribution < -0.4 is 0 Å². The Bertz CT molecular complexity index is 626. The minimum atomic E-state index is -1.53. The van der Waals surface area contributed by atoms with E-state index in [4.69, 9.17) is 5.11 Å². The molecule has 0 aliphatic heterocycles. The largest absolute Gasteiger partial charge is 0.478 e. The minimum Gasteiger partial charge on any atom is -0.478 e. The molecule has 3 nitrogen and oxygen atoms in total. The standard InChI is InChI=1S/C13H8F3NO2.ClH/c14-10-4-7(5-11(15)12(10)16)3-9-6-8(13(18)19)1-2-17-9;/h1-2,4-6H,3H2,(H,18,19);1H. The van der Waals surface area contributed by atoms with Gasteiger partial charge in [0, 0.05) is 18.3 Å². The van der Waals surface area contributed by atoms with E-state index < -0.39 is 23.4 Å². The van der Waals surface area contributed by atoms with Crippen molar-refractivity contribution in [3.8, 4) is 0 Å². The Morgan fingerprint density at radius 1 is 1.15 bits per heavy atom. The number of hydrogen-bond acceptors (Lipinski definition) is 2. The second-order valence-corrected chi connectivity index (χ2v) is 3.89. The fraction of sp³-hybridized carbons (Fsp3) is 0.0769. The predicted octanol–water partition coefficient (Wildman–Crippen LogP) is 3.21. The molecule has 0 aliphatic rings. The van der Waals surface area contributed by atoms with E-state index in [1.807, 2.05) is 0 Å². The molecule has 0 aliphatic carbocycles. The molecule has 0 radical (unpaired) electrons. The van der Waals surface area contributed by atoms with Gasteiger partial charge in [-0.15, -0.1) is 12.4 Å². The smallest absolute Gasteiger partial charge is 0.335 e. The number of hydrogen-bond donors (Lipinski definition) is 1. The molecule has 0 saturated heterocycles. The van der Waals surface area contributed by atoms with E-state index in [-0.39, 0.29) is 30.0 Å². The van der Waals surface area contributed by atoms with Crippen LogP contribution in [0, 0.1) is 17.5 Å². The van der Waals surface area contributed by atoms with Gasteiger partial charge in [-0.3, -0.25) is 4.98 Å². The number of nitrogens with zero attached hydrogens (tertiary/aromatic N) is 1. The first kappa shape index (κ1) is 16.0. The lowest BCUT2D eigenvalue weighted by Crippen LogP contribution is -2.01. The van der Waals surface area contributed by atoms with Crippen LogP contribution in [0.5, 0.6) is 0 Å². The maximum Gasteiger partial charge on any atom is 0.335 e. The Morgan fingerprint density at radius 3 is 2.30 bits per heavy atom. The zero-order chi connectivity index (χ0) is 14.0. The molecule has 0 saturated carbocycles. The molecule has 1 aromatic carbocycles. The van der Waals surface area contributed by atoms with Crippen molar-refractivity contribution in [2.24, 2.45) is 0 Å². The topological polar surface area (TPSA) is 50.2 Å². The Balaban J connectivity index is 0.00000200. The predicted molar refractivity (Wildman–Crippen MR) is 67.6 cm³/mol. The van der Waals surface area contributed by atoms with Crippen LogP contribution in [0.15, 0.2) is 30.5 Å². The number of aromatic carboxylic acids is 1. The summed E-state index contributed by atoms with van der Waals surface area (Å²) in [7, 11) is 0. The lowest BCUT2D eigenvalue weighted by atomic mass is 10.1. The van der Waals surface area contributed by atoms with Gasteiger partial charge in [0.25, 0.3) is 0 Å². The van der Waals surface area contributed by atoms with Gasteiger partial charge in [-0.1, -0.05) is 0 Å². The van der Waals surface area contributed by atoms with Crippen LogP contribution in [-0.2, 0) is 6.42 Å². The number of rotatable bonds is 3. The van der Waals surface area contributed by atoms with E-state index in [1.165, 1.54) is 18.3 Å². The summed E-state index contributed by atoms with van der Waals surface area (Å²) in [6.07, 6.45) is 1.30. The molecular weight excluding hydrogens is 295 g/mol. The highest BCUT2D eigenvalue weighted by Gasteiger charge is 2.12. The maximum absolute atomic E-state index is 13.0. The third-order valence-electron chi connectivity index (χ3n) is 2.49. The zero-order valence-corrected chi connectivity index (χ0v) is 10.8. The highest BCUT2D eigenvalue weighted by Crippen LogP contribution is 2.16. The summed E-state index contributed by atoms with van der Waals surface area (Å²) in [5, 5.41) is 8.80. The summed E-state index contributed by atoms with van der Waals surface area (Å²) in [5.74, 6) is -5.23. The van der Waals surface area contributed by atoms with E-state index in [9.17, 15) is 18.0 Å². The van der Waals surface area contributed by atoms with Gasteiger partial charge in [-0.2, -0.15) is 0 Å². The molecule has 7 heteroatoms. The zero-order valence-electron chi connectivity index (χ0n) is 9.94. The van der Waals surface area contributed by atoms with Crippen LogP contribution in [0.1, 0.15) is 21.6 Å². The normalized spacial score (nSPS) is 9.95. The number of carboxylic acid groups (broad SMARTS) is 1. The van der Waals surface area contributed by atoms with Crippen molar-refractivity contribution in [3.63, 3.8) is 0 Å². The van der Waals surface area contributed by atoms with Crippen LogP contribution >= 0.6 is 12.4 Å². The third kappa shape index (κ3) is 3.48. The molecule has 0 bridgehead atoms. The third-order valence-corrected chi connectivity index (χ3v) is 2.49. The number of benzene rings is 1. The van der Waals surface area contributed by atoms with Gasteiger partial charge in [-0.25, -0.2) is 18.0 Å². The van der Waals surface area contributed by atoms with Crippen molar-refractivity contribution < 1.29 is 23.1 Å². The molecule has 0 atom stereocenters. The summed E-state index contributed by atoms with van der Waals surface area (Å²) in [4.78, 5) is 14.7. The molecule has 1 aromatic heterocycles. The Labute approximate surface area is 118 Å². The first-order valence-electron chi connectivity index (χ1n) is 5.29. The molecule has 1 heterocycles. The van der Waals surface area contributed by atoms with Crippen LogP contribution in [-0.4, -0.2) is 16.1 Å². The number of carbonyl (C=O) groups is 1. The van der Waals surface area contributed by atoms with Gasteiger partial charge in [-0.05, 0) is 29.8 Å². The summed E-state index contributed by atoms with van der Waals surface area (Å²) < 4.78 is 38.8. The monoisotopic (exact) mass is 303 g/mol. The van der Waals surface area contributed by atoms with Crippen LogP contribution in [0.3, 0.4) is 0 Å². The van der Waals surface area contributed by atoms with Crippen molar-refractivity contribution >= 4 is 18.4 Å². The highest BCUT2D eigenvalue weighted by molar-refractivity contribution is 5.87. The number of pyridine rings is 1. The van der Waals surface area contributed by atoms with E-state index in [2.05, 4.69) is 4.98 Å². The van der Waals surface area contributed by atoms with Gasteiger partial charge in [0.05, 0.1) is 5.56 Å².